The van der Waals surface area contributed by atoms with Crippen LogP contribution in [0.3, 0.4) is 0 Å². The van der Waals surface area contributed by atoms with Gasteiger partial charge in [-0.05, 0) is 31.0 Å². The van der Waals surface area contributed by atoms with Crippen LogP contribution in [0.2, 0.25) is 0 Å². The molecule has 0 radical (unpaired) electrons. The number of ether oxygens (including phenoxy) is 1. The van der Waals surface area contributed by atoms with Crippen LogP contribution in [0, 0.1) is 24.9 Å². The Balaban J connectivity index is 2.19. The molecule has 4 nitrogen and oxygen atoms in total. The molecule has 1 heterocycles. The maximum absolute atomic E-state index is 12.9. The van der Waals surface area contributed by atoms with Gasteiger partial charge in [0.25, 0.3) is 0 Å². The molecule has 0 aliphatic rings. The summed E-state index contributed by atoms with van der Waals surface area (Å²) in [6.45, 7) is 3.41. The fourth-order valence-corrected chi connectivity index (χ4v) is 2.43. The topological polar surface area (TPSA) is 53.2 Å². The first-order valence-corrected chi connectivity index (χ1v) is 6.99. The highest BCUT2D eigenvalue weighted by atomic mass is 19.1. The summed E-state index contributed by atoms with van der Waals surface area (Å²) in [4.78, 5) is 12.4. The van der Waals surface area contributed by atoms with Gasteiger partial charge < -0.3 is 9.94 Å². The number of Topliss-reactive ketones (excluding diaryl/α,β-unsaturated/α-hetero) is 1. The molecule has 0 atom stereocenters. The van der Waals surface area contributed by atoms with Crippen molar-refractivity contribution in [1.29, 1.82) is 0 Å². The van der Waals surface area contributed by atoms with E-state index in [0.29, 0.717) is 33.7 Å². The van der Waals surface area contributed by atoms with Gasteiger partial charge in [-0.15, -0.1) is 0 Å². The molecule has 0 N–H and O–H groups in total. The summed E-state index contributed by atoms with van der Waals surface area (Å²) in [7, 11) is 1.47. The van der Waals surface area contributed by atoms with Crippen LogP contribution in [0.4, 0.5) is 4.39 Å². The SMILES string of the molecule is COc1c(C)c(C(=O)CCc2ccc(F)cc2)c[n+]([O-])c1C. The number of aromatic nitrogens is 1. The first-order chi connectivity index (χ1) is 10.4. The van der Waals surface area contributed by atoms with Gasteiger partial charge in [0, 0.05) is 18.9 Å². The van der Waals surface area contributed by atoms with Crippen LogP contribution in [-0.4, -0.2) is 12.9 Å². The van der Waals surface area contributed by atoms with Crippen LogP contribution >= 0.6 is 0 Å². The Labute approximate surface area is 128 Å². The average Bonchev–Trinajstić information content (AvgIpc) is 2.50. The Morgan fingerprint density at radius 1 is 1.27 bits per heavy atom. The van der Waals surface area contributed by atoms with Crippen molar-refractivity contribution in [2.45, 2.75) is 26.7 Å². The standard InChI is InChI=1S/C17H18FNO3/c1-11-15(10-19(21)12(2)17(11)22-3)16(20)9-6-13-4-7-14(18)8-5-13/h4-5,7-8,10H,6,9H2,1-3H3. The minimum atomic E-state index is -0.304. The molecule has 1 aromatic carbocycles. The zero-order valence-electron chi connectivity index (χ0n) is 12.9. The van der Waals surface area contributed by atoms with Crippen molar-refractivity contribution >= 4 is 5.78 Å². The third-order valence-corrected chi connectivity index (χ3v) is 3.71. The number of pyridine rings is 1. The van der Waals surface area contributed by atoms with E-state index in [2.05, 4.69) is 0 Å². The Kier molecular flexibility index (Phi) is 4.75. The lowest BCUT2D eigenvalue weighted by Gasteiger charge is -2.12. The number of hydrogen-bond acceptors (Lipinski definition) is 3. The number of carbonyl (C=O) groups excluding carboxylic acids is 1. The predicted molar refractivity (Wildman–Crippen MR) is 80.5 cm³/mol. The maximum atomic E-state index is 12.9. The van der Waals surface area contributed by atoms with Crippen molar-refractivity contribution in [3.63, 3.8) is 0 Å². The highest BCUT2D eigenvalue weighted by Gasteiger charge is 2.21. The van der Waals surface area contributed by atoms with Gasteiger partial charge in [0.15, 0.2) is 17.7 Å². The Morgan fingerprint density at radius 2 is 1.91 bits per heavy atom. The molecule has 2 rings (SSSR count). The highest BCUT2D eigenvalue weighted by Crippen LogP contribution is 2.24. The van der Waals surface area contributed by atoms with Crippen LogP contribution < -0.4 is 9.47 Å². The second kappa shape index (κ2) is 6.56. The van der Waals surface area contributed by atoms with E-state index in [-0.39, 0.29) is 18.0 Å². The number of methoxy groups -OCH3 is 1. The lowest BCUT2D eigenvalue weighted by molar-refractivity contribution is -0.612. The number of ketones is 1. The molecule has 0 saturated heterocycles. The fourth-order valence-electron chi connectivity index (χ4n) is 2.43. The van der Waals surface area contributed by atoms with Crippen LogP contribution in [0.1, 0.15) is 33.6 Å². The van der Waals surface area contributed by atoms with E-state index in [9.17, 15) is 14.4 Å². The van der Waals surface area contributed by atoms with E-state index < -0.39 is 0 Å². The summed E-state index contributed by atoms with van der Waals surface area (Å²) in [6.07, 6.45) is 2.03. The molecule has 0 spiro atoms. The smallest absolute Gasteiger partial charge is 0.232 e. The van der Waals surface area contributed by atoms with Gasteiger partial charge in [-0.1, -0.05) is 12.1 Å². The summed E-state index contributed by atoms with van der Waals surface area (Å²) in [5, 5.41) is 11.8. The van der Waals surface area contributed by atoms with Crippen molar-refractivity contribution < 1.29 is 18.7 Å². The quantitative estimate of drug-likeness (QED) is 0.485. The van der Waals surface area contributed by atoms with Gasteiger partial charge in [0.05, 0.1) is 12.7 Å². The lowest BCUT2D eigenvalue weighted by atomic mass is 10.00. The molecule has 22 heavy (non-hydrogen) atoms. The van der Waals surface area contributed by atoms with Crippen molar-refractivity contribution in [1.82, 2.24) is 0 Å². The number of aryl methyl sites for hydroxylation is 1. The maximum Gasteiger partial charge on any atom is 0.232 e. The van der Waals surface area contributed by atoms with Gasteiger partial charge in [0.2, 0.25) is 5.69 Å². The van der Waals surface area contributed by atoms with Crippen LogP contribution in [0.5, 0.6) is 5.75 Å². The van der Waals surface area contributed by atoms with Crippen molar-refractivity contribution in [3.05, 3.63) is 63.9 Å². The molecule has 0 unspecified atom stereocenters. The largest absolute Gasteiger partial charge is 0.618 e. The first-order valence-electron chi connectivity index (χ1n) is 6.99. The van der Waals surface area contributed by atoms with E-state index in [4.69, 9.17) is 4.74 Å². The van der Waals surface area contributed by atoms with Gasteiger partial charge in [-0.3, -0.25) is 4.79 Å². The molecule has 1 aromatic heterocycles. The minimum absolute atomic E-state index is 0.135. The van der Waals surface area contributed by atoms with Crippen molar-refractivity contribution in [3.8, 4) is 5.75 Å². The number of carbonyl (C=O) groups is 1. The van der Waals surface area contributed by atoms with E-state index in [1.54, 1.807) is 26.0 Å². The molecular formula is C17H18FNO3. The van der Waals surface area contributed by atoms with Gasteiger partial charge in [-0.2, -0.15) is 4.73 Å². The van der Waals surface area contributed by atoms with Gasteiger partial charge >= 0.3 is 0 Å². The highest BCUT2D eigenvalue weighted by molar-refractivity contribution is 5.97. The van der Waals surface area contributed by atoms with E-state index in [1.165, 1.54) is 25.4 Å². The molecule has 116 valence electrons. The van der Waals surface area contributed by atoms with Gasteiger partial charge in [-0.25, -0.2) is 4.39 Å². The van der Waals surface area contributed by atoms with Crippen LogP contribution in [-0.2, 0) is 6.42 Å². The number of nitrogens with zero attached hydrogens (tertiary/aromatic N) is 1. The Bertz CT molecular complexity index is 696. The van der Waals surface area contributed by atoms with Crippen LogP contribution in [0.25, 0.3) is 0 Å². The average molecular weight is 303 g/mol. The summed E-state index contributed by atoms with van der Waals surface area (Å²) >= 11 is 0. The molecule has 0 amide bonds. The molecule has 0 fully saturated rings. The number of hydrogen-bond donors (Lipinski definition) is 0. The molecule has 0 bridgehead atoms. The first kappa shape index (κ1) is 15.9. The third-order valence-electron chi connectivity index (χ3n) is 3.71. The molecule has 0 aliphatic heterocycles. The van der Waals surface area contributed by atoms with E-state index in [0.717, 1.165) is 5.56 Å². The van der Waals surface area contributed by atoms with Crippen molar-refractivity contribution in [2.75, 3.05) is 7.11 Å². The van der Waals surface area contributed by atoms with Crippen molar-refractivity contribution in [2.24, 2.45) is 0 Å². The fraction of sp³-hybridized carbons (Fsp3) is 0.294. The second-order valence-corrected chi connectivity index (χ2v) is 5.16. The van der Waals surface area contributed by atoms with Crippen LogP contribution in [0.15, 0.2) is 30.5 Å². The zero-order valence-corrected chi connectivity index (χ0v) is 12.9. The normalized spacial score (nSPS) is 10.5. The zero-order chi connectivity index (χ0) is 16.3. The van der Waals surface area contributed by atoms with Gasteiger partial charge in [0.1, 0.15) is 5.82 Å². The number of halogens is 1. The summed E-state index contributed by atoms with van der Waals surface area (Å²) < 4.78 is 18.7. The minimum Gasteiger partial charge on any atom is -0.618 e. The molecule has 2 aromatic rings. The number of rotatable bonds is 5. The van der Waals surface area contributed by atoms with E-state index in [1.807, 2.05) is 0 Å². The predicted octanol–water partition coefficient (Wildman–Crippen LogP) is 2.90. The van der Waals surface area contributed by atoms with E-state index >= 15 is 0 Å². The second-order valence-electron chi connectivity index (χ2n) is 5.16. The molecule has 5 heteroatoms. The summed E-state index contributed by atoms with van der Waals surface area (Å²) in [6, 6.07) is 6.04. The Morgan fingerprint density at radius 3 is 2.50 bits per heavy atom. The number of benzene rings is 1. The molecule has 0 aliphatic carbocycles. The third kappa shape index (κ3) is 3.24. The molecular weight excluding hydrogens is 285 g/mol. The Hall–Kier alpha value is -2.43. The molecule has 0 saturated carbocycles. The summed E-state index contributed by atoms with van der Waals surface area (Å²) in [5.74, 6) is -0.00561. The monoisotopic (exact) mass is 303 g/mol. The summed E-state index contributed by atoms with van der Waals surface area (Å²) in [5.41, 5.74) is 2.33. The lowest BCUT2D eigenvalue weighted by Crippen LogP contribution is -2.32.